The number of anilines is 1. The van der Waals surface area contributed by atoms with Gasteiger partial charge < -0.3 is 20.5 Å². The van der Waals surface area contributed by atoms with Gasteiger partial charge in [0.25, 0.3) is 5.91 Å². The molecule has 3 aromatic rings. The molecule has 2 atom stereocenters. The fraction of sp³-hybridized carbons (Fsp3) is 0.182. The number of halogens is 2. The van der Waals surface area contributed by atoms with E-state index in [1.54, 1.807) is 6.07 Å². The van der Waals surface area contributed by atoms with Crippen LogP contribution in [-0.2, 0) is 19.1 Å². The Morgan fingerprint density at radius 3 is 2.36 bits per heavy atom. The van der Waals surface area contributed by atoms with Gasteiger partial charge in [0.2, 0.25) is 5.91 Å². The molecule has 33 heavy (non-hydrogen) atoms. The van der Waals surface area contributed by atoms with E-state index in [1.165, 1.54) is 0 Å². The van der Waals surface area contributed by atoms with Crippen LogP contribution in [-0.4, -0.2) is 46.2 Å². The second-order valence-electron chi connectivity index (χ2n) is 6.97. The van der Waals surface area contributed by atoms with Crippen molar-refractivity contribution in [3.8, 4) is 11.3 Å². The Morgan fingerprint density at radius 1 is 1.06 bits per heavy atom. The van der Waals surface area contributed by atoms with E-state index in [0.717, 1.165) is 24.8 Å². The summed E-state index contributed by atoms with van der Waals surface area (Å²) in [5, 5.41) is 21.6. The Kier molecular flexibility index (Phi) is 7.46. The van der Waals surface area contributed by atoms with Gasteiger partial charge in [-0.2, -0.15) is 5.10 Å². The van der Waals surface area contributed by atoms with Gasteiger partial charge in [0.1, 0.15) is 17.7 Å². The van der Waals surface area contributed by atoms with Crippen molar-refractivity contribution in [2.24, 2.45) is 0 Å². The lowest BCUT2D eigenvalue weighted by Crippen LogP contribution is -2.47. The first-order chi connectivity index (χ1) is 15.8. The predicted octanol–water partition coefficient (Wildman–Crippen LogP) is 2.07. The number of hydrogen-bond acceptors (Lipinski definition) is 6. The summed E-state index contributed by atoms with van der Waals surface area (Å²) in [6.07, 6.45) is -2.55. The third kappa shape index (κ3) is 6.20. The molecule has 0 fully saturated rings. The molecule has 0 aliphatic carbocycles. The smallest absolute Gasteiger partial charge is 0.308 e. The molecule has 2 amide bonds. The van der Waals surface area contributed by atoms with Crippen LogP contribution in [0.2, 0.25) is 0 Å². The van der Waals surface area contributed by atoms with Crippen LogP contribution in [0.5, 0.6) is 0 Å². The fourth-order valence-electron chi connectivity index (χ4n) is 2.96. The van der Waals surface area contributed by atoms with Crippen molar-refractivity contribution >= 4 is 23.6 Å². The number of carbonyl (C=O) groups is 3. The average molecular weight is 458 g/mol. The minimum absolute atomic E-state index is 0.121. The van der Waals surface area contributed by atoms with Crippen molar-refractivity contribution in [2.45, 2.75) is 18.6 Å². The zero-order valence-electron chi connectivity index (χ0n) is 17.3. The number of H-pyrrole nitrogens is 1. The number of aliphatic hydroxyl groups is 1. The van der Waals surface area contributed by atoms with Gasteiger partial charge in [-0.1, -0.05) is 30.3 Å². The molecule has 11 heteroatoms. The highest BCUT2D eigenvalue weighted by molar-refractivity contribution is 5.99. The summed E-state index contributed by atoms with van der Waals surface area (Å²) in [6, 6.07) is 11.4. The zero-order chi connectivity index (χ0) is 24.0. The Morgan fingerprint density at radius 2 is 1.73 bits per heavy atom. The molecule has 2 unspecified atom stereocenters. The Bertz CT molecular complexity index is 1130. The van der Waals surface area contributed by atoms with Gasteiger partial charge in [-0.3, -0.25) is 19.5 Å². The molecule has 0 saturated carbocycles. The number of benzene rings is 2. The molecule has 0 saturated heterocycles. The Hall–Kier alpha value is -4.12. The molecule has 2 aromatic carbocycles. The van der Waals surface area contributed by atoms with E-state index in [-0.39, 0.29) is 11.4 Å². The van der Waals surface area contributed by atoms with E-state index in [4.69, 9.17) is 0 Å². The number of aromatic amines is 1. The topological polar surface area (TPSA) is 133 Å². The standard InChI is InChI=1S/C22H20F2N4O5/c1-33-19(29)11-17(25-22(32)20(30)13-7-14(23)9-15(24)8-13)21(31)26-18-10-16(27-28-18)12-5-3-2-4-6-12/h2-10,17,20,30H,11H2,1H3,(H,25,32)(H2,26,27,28,31). The number of amides is 2. The van der Waals surface area contributed by atoms with Gasteiger partial charge in [-0.05, 0) is 23.3 Å². The highest BCUT2D eigenvalue weighted by Gasteiger charge is 2.28. The molecule has 9 nitrogen and oxygen atoms in total. The maximum atomic E-state index is 13.4. The summed E-state index contributed by atoms with van der Waals surface area (Å²) in [6.45, 7) is 0. The number of carbonyl (C=O) groups excluding carboxylic acids is 3. The van der Waals surface area contributed by atoms with Gasteiger partial charge in [-0.25, -0.2) is 8.78 Å². The lowest BCUT2D eigenvalue weighted by Gasteiger charge is -2.19. The van der Waals surface area contributed by atoms with Crippen molar-refractivity contribution in [3.63, 3.8) is 0 Å². The third-order valence-electron chi connectivity index (χ3n) is 4.59. The molecular weight excluding hydrogens is 438 g/mol. The van der Waals surface area contributed by atoms with Gasteiger partial charge >= 0.3 is 5.97 Å². The first kappa shape index (κ1) is 23.5. The lowest BCUT2D eigenvalue weighted by molar-refractivity contribution is -0.143. The number of aromatic nitrogens is 2. The number of aliphatic hydroxyl groups excluding tert-OH is 1. The third-order valence-corrected chi connectivity index (χ3v) is 4.59. The van der Waals surface area contributed by atoms with Crippen molar-refractivity contribution in [1.29, 1.82) is 0 Å². The first-order valence-electron chi connectivity index (χ1n) is 9.69. The van der Waals surface area contributed by atoms with Gasteiger partial charge in [-0.15, -0.1) is 0 Å². The maximum Gasteiger partial charge on any atom is 0.308 e. The van der Waals surface area contributed by atoms with E-state index >= 15 is 0 Å². The van der Waals surface area contributed by atoms with Crippen LogP contribution in [0, 0.1) is 11.6 Å². The molecule has 1 heterocycles. The van der Waals surface area contributed by atoms with E-state index in [2.05, 4.69) is 25.6 Å². The van der Waals surface area contributed by atoms with E-state index < -0.39 is 48.0 Å². The second-order valence-corrected chi connectivity index (χ2v) is 6.97. The highest BCUT2D eigenvalue weighted by Crippen LogP contribution is 2.20. The molecule has 0 aliphatic heterocycles. The van der Waals surface area contributed by atoms with Gasteiger partial charge in [0.05, 0.1) is 19.2 Å². The number of rotatable bonds is 8. The summed E-state index contributed by atoms with van der Waals surface area (Å²) in [4.78, 5) is 36.9. The van der Waals surface area contributed by atoms with Gasteiger partial charge in [0, 0.05) is 12.1 Å². The molecule has 0 spiro atoms. The SMILES string of the molecule is COC(=O)CC(NC(=O)C(O)c1cc(F)cc(F)c1)C(=O)Nc1cc(-c2ccccc2)[nH]n1. The molecule has 3 rings (SSSR count). The molecule has 1 aromatic heterocycles. The van der Waals surface area contributed by atoms with Crippen LogP contribution in [0.3, 0.4) is 0 Å². The van der Waals surface area contributed by atoms with Crippen molar-refractivity contribution in [1.82, 2.24) is 15.5 Å². The number of methoxy groups -OCH3 is 1. The van der Waals surface area contributed by atoms with Crippen LogP contribution >= 0.6 is 0 Å². The van der Waals surface area contributed by atoms with Crippen LogP contribution in [0.25, 0.3) is 11.3 Å². The molecule has 4 N–H and O–H groups in total. The van der Waals surface area contributed by atoms with E-state index in [9.17, 15) is 28.3 Å². The monoisotopic (exact) mass is 458 g/mol. The minimum Gasteiger partial charge on any atom is -0.469 e. The fourth-order valence-corrected chi connectivity index (χ4v) is 2.96. The lowest BCUT2D eigenvalue weighted by atomic mass is 10.1. The highest BCUT2D eigenvalue weighted by atomic mass is 19.1. The molecule has 172 valence electrons. The van der Waals surface area contributed by atoms with E-state index in [0.29, 0.717) is 11.8 Å². The van der Waals surface area contributed by atoms with Crippen LogP contribution < -0.4 is 10.6 Å². The molecule has 0 radical (unpaired) electrons. The maximum absolute atomic E-state index is 13.4. The van der Waals surface area contributed by atoms with Crippen LogP contribution in [0.4, 0.5) is 14.6 Å². The summed E-state index contributed by atoms with van der Waals surface area (Å²) in [7, 11) is 1.10. The molecule has 0 bridgehead atoms. The first-order valence-corrected chi connectivity index (χ1v) is 9.69. The van der Waals surface area contributed by atoms with Crippen LogP contribution in [0.1, 0.15) is 18.1 Å². The van der Waals surface area contributed by atoms with Crippen molar-refractivity contribution < 1.29 is 33.0 Å². The zero-order valence-corrected chi connectivity index (χ0v) is 17.3. The summed E-state index contributed by atoms with van der Waals surface area (Å²) < 4.78 is 31.4. The second kappa shape index (κ2) is 10.5. The number of nitrogens with one attached hydrogen (secondary N) is 3. The minimum atomic E-state index is -1.99. The summed E-state index contributed by atoms with van der Waals surface area (Å²) in [5.41, 5.74) is 1.07. The van der Waals surface area contributed by atoms with Crippen molar-refractivity contribution in [3.05, 3.63) is 71.8 Å². The average Bonchev–Trinajstić information content (AvgIpc) is 3.26. The largest absolute Gasteiger partial charge is 0.469 e. The number of esters is 1. The predicted molar refractivity (Wildman–Crippen MR) is 113 cm³/mol. The molecule has 0 aliphatic rings. The van der Waals surface area contributed by atoms with Gasteiger partial charge in [0.15, 0.2) is 11.9 Å². The normalized spacial score (nSPS) is 12.5. The van der Waals surface area contributed by atoms with Crippen molar-refractivity contribution in [2.75, 3.05) is 12.4 Å². The Balaban J connectivity index is 1.73. The number of ether oxygens (including phenoxy) is 1. The Labute approximate surface area is 186 Å². The number of nitrogens with zero attached hydrogens (tertiary/aromatic N) is 1. The van der Waals surface area contributed by atoms with Crippen LogP contribution in [0.15, 0.2) is 54.6 Å². The van der Waals surface area contributed by atoms with E-state index in [1.807, 2.05) is 30.3 Å². The summed E-state index contributed by atoms with van der Waals surface area (Å²) >= 11 is 0. The number of hydrogen-bond donors (Lipinski definition) is 4. The summed E-state index contributed by atoms with van der Waals surface area (Å²) in [5.74, 6) is -4.64. The molecular formula is C22H20F2N4O5. The quantitative estimate of drug-likeness (QED) is 0.382.